The van der Waals surface area contributed by atoms with Crippen LogP contribution in [0.15, 0.2) is 16.3 Å². The lowest BCUT2D eigenvalue weighted by molar-refractivity contribution is -0.133. The van der Waals surface area contributed by atoms with Crippen molar-refractivity contribution in [1.29, 1.82) is 0 Å². The van der Waals surface area contributed by atoms with E-state index in [1.165, 1.54) is 19.3 Å². The Bertz CT molecular complexity index is 429. The maximum absolute atomic E-state index is 11.6. The van der Waals surface area contributed by atoms with Crippen LogP contribution in [0.5, 0.6) is 0 Å². The van der Waals surface area contributed by atoms with Crippen molar-refractivity contribution < 1.29 is 9.90 Å². The number of carboxylic acids is 1. The first-order valence-electron chi connectivity index (χ1n) is 7.72. The van der Waals surface area contributed by atoms with Crippen LogP contribution in [0.3, 0.4) is 0 Å². The molecule has 5 heteroatoms. The van der Waals surface area contributed by atoms with Crippen LogP contribution in [0.2, 0.25) is 0 Å². The maximum atomic E-state index is 11.6. The molecule has 0 saturated carbocycles. The van der Waals surface area contributed by atoms with E-state index in [2.05, 4.69) is 11.9 Å². The van der Waals surface area contributed by atoms with Crippen molar-refractivity contribution >= 4 is 11.9 Å². The molecule has 0 aliphatic carbocycles. The third-order valence-electron chi connectivity index (χ3n) is 4.14. The smallest absolute Gasteiger partial charge is 0.335 e. The normalized spacial score (nSPS) is 21.9. The first-order chi connectivity index (χ1) is 9.65. The van der Waals surface area contributed by atoms with E-state index in [4.69, 9.17) is 5.73 Å². The van der Waals surface area contributed by atoms with E-state index in [1.807, 2.05) is 4.90 Å². The second-order valence-corrected chi connectivity index (χ2v) is 5.63. The Morgan fingerprint density at radius 2 is 2.15 bits per heavy atom. The number of nitrogens with two attached hydrogens (primary N) is 1. The van der Waals surface area contributed by atoms with Gasteiger partial charge in [-0.2, -0.15) is 0 Å². The van der Waals surface area contributed by atoms with Crippen molar-refractivity contribution in [3.8, 4) is 0 Å². The monoisotopic (exact) mass is 279 g/mol. The van der Waals surface area contributed by atoms with Crippen LogP contribution >= 0.6 is 0 Å². The number of guanidine groups is 1. The summed E-state index contributed by atoms with van der Waals surface area (Å²) in [5.41, 5.74) is 7.34. The summed E-state index contributed by atoms with van der Waals surface area (Å²) in [7, 11) is 0. The van der Waals surface area contributed by atoms with Gasteiger partial charge in [-0.25, -0.2) is 9.79 Å². The second-order valence-electron chi connectivity index (χ2n) is 5.63. The highest BCUT2D eigenvalue weighted by molar-refractivity contribution is 5.93. The molecule has 2 aliphatic heterocycles. The molecule has 1 atom stereocenters. The first kappa shape index (κ1) is 14.9. The van der Waals surface area contributed by atoms with Crippen LogP contribution < -0.4 is 5.73 Å². The molecule has 0 bridgehead atoms. The van der Waals surface area contributed by atoms with Gasteiger partial charge in [0.05, 0.1) is 11.6 Å². The average Bonchev–Trinajstić information content (AvgIpc) is 2.87. The molecule has 1 unspecified atom stereocenters. The molecular weight excluding hydrogens is 254 g/mol. The van der Waals surface area contributed by atoms with Crippen LogP contribution in [-0.2, 0) is 4.79 Å². The molecule has 0 spiro atoms. The highest BCUT2D eigenvalue weighted by Crippen LogP contribution is 2.32. The van der Waals surface area contributed by atoms with Gasteiger partial charge in [-0.1, -0.05) is 39.0 Å². The molecule has 2 heterocycles. The van der Waals surface area contributed by atoms with E-state index in [9.17, 15) is 9.90 Å². The molecule has 0 aromatic heterocycles. The number of hydrogen-bond donors (Lipinski definition) is 2. The number of hydrogen-bond acceptors (Lipinski definition) is 4. The zero-order chi connectivity index (χ0) is 14.5. The van der Waals surface area contributed by atoms with Crippen molar-refractivity contribution in [2.75, 3.05) is 6.54 Å². The number of carbonyl (C=O) groups is 1. The zero-order valence-electron chi connectivity index (χ0n) is 12.3. The van der Waals surface area contributed by atoms with Crippen molar-refractivity contribution in [3.05, 3.63) is 11.3 Å². The number of aliphatic imine (C=N–C) groups is 1. The van der Waals surface area contributed by atoms with Gasteiger partial charge in [0.15, 0.2) is 5.96 Å². The number of unbranched alkanes of at least 4 members (excludes halogenated alkanes) is 4. The fourth-order valence-corrected chi connectivity index (χ4v) is 3.11. The Kier molecular flexibility index (Phi) is 5.04. The number of allylic oxidation sites excluding steroid dienone is 1. The first-order valence-corrected chi connectivity index (χ1v) is 7.72. The van der Waals surface area contributed by atoms with Crippen LogP contribution in [0.1, 0.15) is 58.3 Å². The van der Waals surface area contributed by atoms with Crippen LogP contribution in [0, 0.1) is 0 Å². The summed E-state index contributed by atoms with van der Waals surface area (Å²) in [6.45, 7) is 2.98. The number of carboxylic acid groups (broad SMARTS) is 1. The summed E-state index contributed by atoms with van der Waals surface area (Å²) in [6.07, 6.45) is 8.41. The molecule has 20 heavy (non-hydrogen) atoms. The SMILES string of the molecule is CCCCCCCC1N=C(N)N2CCCC2=C1C(=O)O. The molecule has 2 aliphatic rings. The number of rotatable bonds is 7. The molecule has 3 N–H and O–H groups in total. The second kappa shape index (κ2) is 6.77. The minimum absolute atomic E-state index is 0.251. The third kappa shape index (κ3) is 3.14. The van der Waals surface area contributed by atoms with Crippen LogP contribution in [0.4, 0.5) is 0 Å². The molecule has 0 aromatic carbocycles. The van der Waals surface area contributed by atoms with Crippen molar-refractivity contribution in [2.24, 2.45) is 10.7 Å². The summed E-state index contributed by atoms with van der Waals surface area (Å²) in [5.74, 6) is -0.331. The molecule has 2 rings (SSSR count). The zero-order valence-corrected chi connectivity index (χ0v) is 12.3. The Balaban J connectivity index is 2.02. The molecular formula is C15H25N3O2. The largest absolute Gasteiger partial charge is 0.478 e. The van der Waals surface area contributed by atoms with E-state index in [-0.39, 0.29) is 6.04 Å². The minimum Gasteiger partial charge on any atom is -0.478 e. The molecule has 0 amide bonds. The molecule has 0 radical (unpaired) electrons. The summed E-state index contributed by atoms with van der Waals surface area (Å²) < 4.78 is 0. The van der Waals surface area contributed by atoms with E-state index in [0.717, 1.165) is 44.3 Å². The van der Waals surface area contributed by atoms with Crippen LogP contribution in [-0.4, -0.2) is 34.5 Å². The van der Waals surface area contributed by atoms with Gasteiger partial charge in [0.25, 0.3) is 0 Å². The van der Waals surface area contributed by atoms with Gasteiger partial charge in [-0.05, 0) is 19.3 Å². The fraction of sp³-hybridized carbons (Fsp3) is 0.733. The average molecular weight is 279 g/mol. The Labute approximate surface area is 120 Å². The lowest BCUT2D eigenvalue weighted by atomic mass is 9.96. The Morgan fingerprint density at radius 1 is 1.40 bits per heavy atom. The Morgan fingerprint density at radius 3 is 2.85 bits per heavy atom. The van der Waals surface area contributed by atoms with Gasteiger partial charge < -0.3 is 15.7 Å². The highest BCUT2D eigenvalue weighted by atomic mass is 16.4. The van der Waals surface area contributed by atoms with Gasteiger partial charge in [-0.3, -0.25) is 0 Å². The van der Waals surface area contributed by atoms with Crippen molar-refractivity contribution in [1.82, 2.24) is 4.90 Å². The number of nitrogens with zero attached hydrogens (tertiary/aromatic N) is 2. The predicted octanol–water partition coefficient (Wildman–Crippen LogP) is 2.48. The van der Waals surface area contributed by atoms with Crippen molar-refractivity contribution in [2.45, 2.75) is 64.3 Å². The van der Waals surface area contributed by atoms with Crippen molar-refractivity contribution in [3.63, 3.8) is 0 Å². The quantitative estimate of drug-likeness (QED) is 0.702. The van der Waals surface area contributed by atoms with E-state index in [0.29, 0.717) is 11.5 Å². The third-order valence-corrected chi connectivity index (χ3v) is 4.14. The fourth-order valence-electron chi connectivity index (χ4n) is 3.11. The van der Waals surface area contributed by atoms with E-state index < -0.39 is 5.97 Å². The minimum atomic E-state index is -0.832. The van der Waals surface area contributed by atoms with Gasteiger partial charge in [0, 0.05) is 12.2 Å². The predicted molar refractivity (Wildman–Crippen MR) is 79.4 cm³/mol. The number of aliphatic carboxylic acids is 1. The molecule has 112 valence electrons. The van der Waals surface area contributed by atoms with E-state index in [1.54, 1.807) is 0 Å². The summed E-state index contributed by atoms with van der Waals surface area (Å²) >= 11 is 0. The lowest BCUT2D eigenvalue weighted by Gasteiger charge is -2.29. The lowest BCUT2D eigenvalue weighted by Crippen LogP contribution is -2.41. The number of fused-ring (bicyclic) bond motifs is 1. The Hall–Kier alpha value is -1.52. The molecule has 1 saturated heterocycles. The maximum Gasteiger partial charge on any atom is 0.335 e. The summed E-state index contributed by atoms with van der Waals surface area (Å²) in [5, 5.41) is 9.49. The van der Waals surface area contributed by atoms with Gasteiger partial charge in [0.1, 0.15) is 0 Å². The van der Waals surface area contributed by atoms with Crippen LogP contribution in [0.25, 0.3) is 0 Å². The highest BCUT2D eigenvalue weighted by Gasteiger charge is 2.34. The standard InChI is InChI=1S/C15H25N3O2/c1-2-3-4-5-6-8-11-13(14(19)20)12-9-7-10-18(12)15(16)17-11/h11H,2-10H2,1H3,(H2,16,17)(H,19,20). The topological polar surface area (TPSA) is 78.9 Å². The van der Waals surface area contributed by atoms with Gasteiger partial charge in [-0.15, -0.1) is 0 Å². The molecule has 1 fully saturated rings. The van der Waals surface area contributed by atoms with Gasteiger partial charge >= 0.3 is 5.97 Å². The molecule has 5 nitrogen and oxygen atoms in total. The van der Waals surface area contributed by atoms with Gasteiger partial charge in [0.2, 0.25) is 0 Å². The summed E-state index contributed by atoms with van der Waals surface area (Å²) in [4.78, 5) is 17.9. The van der Waals surface area contributed by atoms with E-state index >= 15 is 0 Å². The molecule has 0 aromatic rings. The summed E-state index contributed by atoms with van der Waals surface area (Å²) in [6, 6.07) is -0.251.